The molecule has 98 valence electrons. The zero-order valence-corrected chi connectivity index (χ0v) is 11.7. The van der Waals surface area contributed by atoms with Crippen molar-refractivity contribution >= 4 is 18.5 Å². The van der Waals surface area contributed by atoms with E-state index < -0.39 is 6.72 Å². The fraction of sp³-hybridized carbons (Fsp3) is 0.364. The summed E-state index contributed by atoms with van der Waals surface area (Å²) in [7, 11) is 1.77. The molecule has 0 bridgehead atoms. The van der Waals surface area contributed by atoms with Crippen molar-refractivity contribution in [1.29, 1.82) is 5.26 Å². The lowest BCUT2D eigenvalue weighted by atomic mass is 10.2. The van der Waals surface area contributed by atoms with E-state index in [-0.39, 0.29) is 13.0 Å². The van der Waals surface area contributed by atoms with Crippen LogP contribution in [0.4, 0.5) is 0 Å². The maximum absolute atomic E-state index is 9.80. The average Bonchev–Trinajstić information content (AvgIpc) is 2.29. The van der Waals surface area contributed by atoms with Crippen LogP contribution < -0.4 is 9.84 Å². The van der Waals surface area contributed by atoms with Crippen LogP contribution in [0.15, 0.2) is 24.3 Å². The molecule has 0 aliphatic carbocycles. The van der Waals surface area contributed by atoms with Crippen molar-refractivity contribution in [1.82, 2.24) is 5.32 Å². The van der Waals surface area contributed by atoms with Crippen molar-refractivity contribution < 1.29 is 13.9 Å². The van der Waals surface area contributed by atoms with Gasteiger partial charge in [-0.15, -0.1) is 0 Å². The van der Waals surface area contributed by atoms with Gasteiger partial charge < -0.3 is 14.7 Å². The molecule has 7 heteroatoms. The van der Waals surface area contributed by atoms with Crippen LogP contribution in [0.1, 0.15) is 5.56 Å². The molecule has 1 rings (SSSR count). The third-order valence-corrected chi connectivity index (χ3v) is 3.50. The van der Waals surface area contributed by atoms with Crippen molar-refractivity contribution in [2.75, 3.05) is 20.2 Å². The van der Waals surface area contributed by atoms with Crippen LogP contribution in [-0.4, -0.2) is 25.1 Å². The second-order valence-corrected chi connectivity index (χ2v) is 6.24. The van der Waals surface area contributed by atoms with Gasteiger partial charge in [-0.3, -0.25) is 4.52 Å². The van der Waals surface area contributed by atoms with Gasteiger partial charge in [-0.05, 0) is 24.7 Å². The number of rotatable bonds is 7. The molecule has 0 spiro atoms. The van der Waals surface area contributed by atoms with Crippen LogP contribution in [0.2, 0.25) is 0 Å². The highest BCUT2D eigenvalue weighted by molar-refractivity contribution is 8.07. The molecule has 0 radical (unpaired) electrons. The molecule has 0 aliphatic rings. The van der Waals surface area contributed by atoms with E-state index in [9.17, 15) is 4.89 Å². The third-order valence-electron chi connectivity index (χ3n) is 2.01. The Morgan fingerprint density at radius 3 is 3.00 bits per heavy atom. The zero-order chi connectivity index (χ0) is 13.4. The second-order valence-electron chi connectivity index (χ2n) is 3.48. The first kappa shape index (κ1) is 15.1. The van der Waals surface area contributed by atoms with Crippen molar-refractivity contribution in [3.63, 3.8) is 0 Å². The summed E-state index contributed by atoms with van der Waals surface area (Å²) in [6, 6.07) is 8.92. The highest BCUT2D eigenvalue weighted by Crippen LogP contribution is 2.44. The van der Waals surface area contributed by atoms with E-state index in [0.717, 1.165) is 5.56 Å². The quantitative estimate of drug-likeness (QED) is 0.585. The predicted octanol–water partition coefficient (Wildman–Crippen LogP) is 1.58. The maximum atomic E-state index is 9.80. The van der Waals surface area contributed by atoms with E-state index in [0.29, 0.717) is 12.3 Å². The topological polar surface area (TPSA) is 74.5 Å². The first-order valence-electron chi connectivity index (χ1n) is 5.35. The summed E-state index contributed by atoms with van der Waals surface area (Å²) in [6.45, 7) is -2.41. The summed E-state index contributed by atoms with van der Waals surface area (Å²) in [6.07, 6.45) is 0.284. The van der Waals surface area contributed by atoms with Gasteiger partial charge in [0.15, 0.2) is 0 Å². The van der Waals surface area contributed by atoms with Gasteiger partial charge in [-0.1, -0.05) is 12.1 Å². The fourth-order valence-corrected chi connectivity index (χ4v) is 2.46. The minimum absolute atomic E-state index is 0.280. The van der Waals surface area contributed by atoms with Crippen LogP contribution in [-0.2, 0) is 22.8 Å². The molecule has 0 saturated carbocycles. The van der Waals surface area contributed by atoms with Crippen LogP contribution in [0.25, 0.3) is 0 Å². The Balaban J connectivity index is 2.63. The lowest BCUT2D eigenvalue weighted by molar-refractivity contribution is 0.259. The van der Waals surface area contributed by atoms with Gasteiger partial charge in [0.25, 0.3) is 0 Å². The molecule has 0 saturated heterocycles. The fourth-order valence-electron chi connectivity index (χ4n) is 1.23. The van der Waals surface area contributed by atoms with Crippen molar-refractivity contribution in [2.45, 2.75) is 6.42 Å². The average molecular weight is 286 g/mol. The smallest absolute Gasteiger partial charge is 0.377 e. The van der Waals surface area contributed by atoms with E-state index in [1.54, 1.807) is 31.3 Å². The predicted molar refractivity (Wildman–Crippen MR) is 72.8 cm³/mol. The van der Waals surface area contributed by atoms with Gasteiger partial charge in [-0.2, -0.15) is 5.26 Å². The van der Waals surface area contributed by atoms with Gasteiger partial charge in [0, 0.05) is 18.4 Å². The van der Waals surface area contributed by atoms with E-state index in [1.165, 1.54) is 0 Å². The van der Waals surface area contributed by atoms with E-state index >= 15 is 0 Å². The molecule has 0 fully saturated rings. The first-order valence-corrected chi connectivity index (χ1v) is 7.94. The number of nitrogens with zero attached hydrogens (tertiary/aromatic N) is 1. The third kappa shape index (κ3) is 5.58. The molecule has 0 aromatic heterocycles. The highest BCUT2D eigenvalue weighted by atomic mass is 32.5. The highest BCUT2D eigenvalue weighted by Gasteiger charge is 2.16. The molecule has 0 amide bonds. The Hall–Kier alpha value is -0.960. The Morgan fingerprint density at radius 2 is 2.33 bits per heavy atom. The lowest BCUT2D eigenvalue weighted by Gasteiger charge is -2.16. The van der Waals surface area contributed by atoms with Crippen molar-refractivity contribution in [3.8, 4) is 11.8 Å². The summed E-state index contributed by atoms with van der Waals surface area (Å²) in [5, 5.41) is 11.5. The SMILES string of the molecule is CNCCOP(O)(=S)Oc1cccc(CC#N)c1. The first-order chi connectivity index (χ1) is 8.57. The molecule has 1 atom stereocenters. The normalized spacial score (nSPS) is 13.6. The van der Waals surface area contributed by atoms with Gasteiger partial charge in [0.2, 0.25) is 0 Å². The van der Waals surface area contributed by atoms with Gasteiger partial charge in [-0.25, -0.2) is 0 Å². The van der Waals surface area contributed by atoms with Gasteiger partial charge in [0.05, 0.1) is 19.1 Å². The molecular formula is C11H15N2O3PS. The van der Waals surface area contributed by atoms with Crippen LogP contribution in [0.5, 0.6) is 5.75 Å². The number of hydrogen-bond donors (Lipinski definition) is 2. The molecule has 0 heterocycles. The Morgan fingerprint density at radius 1 is 1.56 bits per heavy atom. The number of benzene rings is 1. The largest absolute Gasteiger partial charge is 0.424 e. The number of hydrogen-bond acceptors (Lipinski definition) is 5. The molecule has 1 aromatic carbocycles. The van der Waals surface area contributed by atoms with Crippen LogP contribution in [0.3, 0.4) is 0 Å². The minimum atomic E-state index is -3.27. The molecule has 18 heavy (non-hydrogen) atoms. The van der Waals surface area contributed by atoms with Gasteiger partial charge >= 0.3 is 6.72 Å². The van der Waals surface area contributed by atoms with E-state index in [1.807, 2.05) is 6.07 Å². The molecule has 1 aromatic rings. The summed E-state index contributed by atoms with van der Waals surface area (Å²) >= 11 is 4.88. The van der Waals surface area contributed by atoms with Gasteiger partial charge in [0.1, 0.15) is 5.75 Å². The number of likely N-dealkylation sites (N-methyl/N-ethyl adjacent to an activating group) is 1. The van der Waals surface area contributed by atoms with Crippen molar-refractivity contribution in [3.05, 3.63) is 29.8 Å². The van der Waals surface area contributed by atoms with Crippen LogP contribution in [0, 0.1) is 11.3 Å². The second kappa shape index (κ2) is 7.47. The molecule has 0 aliphatic heterocycles. The lowest BCUT2D eigenvalue weighted by Crippen LogP contribution is -2.14. The summed E-state index contributed by atoms with van der Waals surface area (Å²) in [5.41, 5.74) is 0.806. The van der Waals surface area contributed by atoms with Crippen LogP contribution >= 0.6 is 6.72 Å². The minimum Gasteiger partial charge on any atom is -0.424 e. The molecule has 2 N–H and O–H groups in total. The number of nitrogens with one attached hydrogen (secondary N) is 1. The van der Waals surface area contributed by atoms with E-state index in [2.05, 4.69) is 5.32 Å². The summed E-state index contributed by atoms with van der Waals surface area (Å²) in [4.78, 5) is 9.80. The molecule has 1 unspecified atom stereocenters. The summed E-state index contributed by atoms with van der Waals surface area (Å²) in [5.74, 6) is 0.415. The Kier molecular flexibility index (Phi) is 6.27. The standard InChI is InChI=1S/C11H15N2O3PS/c1-13-7-8-15-17(14,18)16-11-4-2-3-10(9-11)5-6-12/h2-4,9,13H,5,7-8H2,1H3,(H,14,18). The monoisotopic (exact) mass is 286 g/mol. The summed E-state index contributed by atoms with van der Waals surface area (Å²) < 4.78 is 10.4. The molecular weight excluding hydrogens is 271 g/mol. The van der Waals surface area contributed by atoms with Crippen molar-refractivity contribution in [2.24, 2.45) is 0 Å². The zero-order valence-electron chi connectivity index (χ0n) is 10.00. The van der Waals surface area contributed by atoms with E-state index in [4.69, 9.17) is 26.1 Å². The Labute approximate surface area is 112 Å². The number of nitriles is 1. The maximum Gasteiger partial charge on any atom is 0.377 e. The Bertz CT molecular complexity index is 476. The molecule has 5 nitrogen and oxygen atoms in total.